The second-order valence-electron chi connectivity index (χ2n) is 8.85. The molecule has 0 aliphatic heterocycles. The third-order valence-corrected chi connectivity index (χ3v) is 6.77. The third-order valence-electron chi connectivity index (χ3n) is 5.94. The van der Waals surface area contributed by atoms with Crippen LogP contribution in [0.5, 0.6) is 0 Å². The summed E-state index contributed by atoms with van der Waals surface area (Å²) in [5, 5.41) is 6.72. The number of benzene rings is 1. The van der Waals surface area contributed by atoms with Gasteiger partial charge in [0.25, 0.3) is 0 Å². The highest BCUT2D eigenvalue weighted by Gasteiger charge is 2.36. The average molecular weight is 569 g/mol. The van der Waals surface area contributed by atoms with Gasteiger partial charge in [-0.25, -0.2) is 17.8 Å². The summed E-state index contributed by atoms with van der Waals surface area (Å²) < 4.78 is 37.2. The van der Waals surface area contributed by atoms with Gasteiger partial charge in [0.2, 0.25) is 0 Å². The summed E-state index contributed by atoms with van der Waals surface area (Å²) in [6, 6.07) is 4.20. The molecule has 0 spiro atoms. The normalized spacial score (nSPS) is 22.2. The van der Waals surface area contributed by atoms with Crippen LogP contribution in [0.25, 0.3) is 0 Å². The summed E-state index contributed by atoms with van der Waals surface area (Å²) in [7, 11) is 1.05. The number of nitrogens with one attached hydrogen (secondary N) is 2. The first-order valence-corrected chi connectivity index (χ1v) is 12.8. The van der Waals surface area contributed by atoms with E-state index in [4.69, 9.17) is 0 Å². The van der Waals surface area contributed by atoms with Crippen LogP contribution in [0.1, 0.15) is 50.7 Å². The van der Waals surface area contributed by atoms with E-state index in [1.807, 2.05) is 6.92 Å². The fourth-order valence-corrected chi connectivity index (χ4v) is 5.12. The fourth-order valence-electron chi connectivity index (χ4n) is 4.28. The molecule has 0 saturated heterocycles. The van der Waals surface area contributed by atoms with Crippen LogP contribution in [0.2, 0.25) is 0 Å². The van der Waals surface area contributed by atoms with Gasteiger partial charge in [-0.2, -0.15) is 0 Å². The lowest BCUT2D eigenvalue weighted by molar-refractivity contribution is 0.0795. The summed E-state index contributed by atoms with van der Waals surface area (Å²) >= 11 is 0. The van der Waals surface area contributed by atoms with Crippen molar-refractivity contribution in [3.05, 3.63) is 35.1 Å². The van der Waals surface area contributed by atoms with Crippen LogP contribution >= 0.6 is 24.0 Å². The van der Waals surface area contributed by atoms with E-state index in [9.17, 15) is 12.8 Å². The van der Waals surface area contributed by atoms with E-state index in [0.29, 0.717) is 29.5 Å². The molecule has 1 aromatic carbocycles. The number of hydrogen-bond acceptors (Lipinski definition) is 4. The van der Waals surface area contributed by atoms with Crippen LogP contribution in [0.15, 0.2) is 23.2 Å². The molecule has 0 radical (unpaired) electrons. The highest BCUT2D eigenvalue weighted by atomic mass is 127. The van der Waals surface area contributed by atoms with E-state index in [0.717, 1.165) is 19.4 Å². The summed E-state index contributed by atoms with van der Waals surface area (Å²) in [6.07, 6.45) is 5.94. The Morgan fingerprint density at radius 3 is 2.58 bits per heavy atom. The number of likely N-dealkylation sites (N-methyl/N-ethyl adjacent to an activating group) is 1. The van der Waals surface area contributed by atoms with Crippen molar-refractivity contribution in [1.82, 2.24) is 15.5 Å². The van der Waals surface area contributed by atoms with E-state index in [-0.39, 0.29) is 41.8 Å². The number of hydrogen-bond donors (Lipinski definition) is 2. The molecule has 6 nitrogen and oxygen atoms in total. The maximum absolute atomic E-state index is 13.8. The van der Waals surface area contributed by atoms with Crippen LogP contribution in [0.3, 0.4) is 0 Å². The Labute approximate surface area is 204 Å². The van der Waals surface area contributed by atoms with E-state index < -0.39 is 15.7 Å². The molecule has 178 valence electrons. The van der Waals surface area contributed by atoms with Gasteiger partial charge >= 0.3 is 0 Å². The number of aliphatic imine (C=N–C) groups is 1. The first-order chi connectivity index (χ1) is 14.0. The van der Waals surface area contributed by atoms with Crippen LogP contribution in [0.4, 0.5) is 4.39 Å². The first kappa shape index (κ1) is 28.1. The van der Waals surface area contributed by atoms with Gasteiger partial charge in [-0.1, -0.05) is 25.8 Å². The topological polar surface area (TPSA) is 73.8 Å². The summed E-state index contributed by atoms with van der Waals surface area (Å²) in [5.74, 6) is 0.835. The molecule has 2 rings (SSSR count). The van der Waals surface area contributed by atoms with E-state index in [1.54, 1.807) is 0 Å². The minimum atomic E-state index is -3.22. The average Bonchev–Trinajstić information content (AvgIpc) is 2.64. The zero-order valence-corrected chi connectivity index (χ0v) is 22.5. The molecule has 0 amide bonds. The molecule has 1 aliphatic carbocycles. The smallest absolute Gasteiger partial charge is 0.191 e. The second-order valence-corrected chi connectivity index (χ2v) is 11.0. The van der Waals surface area contributed by atoms with Gasteiger partial charge in [-0.3, -0.25) is 0 Å². The van der Waals surface area contributed by atoms with Crippen LogP contribution in [-0.4, -0.2) is 58.3 Å². The molecule has 31 heavy (non-hydrogen) atoms. The number of sulfone groups is 1. The Bertz CT molecular complexity index is 848. The Morgan fingerprint density at radius 2 is 2.00 bits per heavy atom. The lowest BCUT2D eigenvalue weighted by atomic mass is 9.75. The Balaban J connectivity index is 0.00000480. The lowest BCUT2D eigenvalue weighted by Crippen LogP contribution is -2.56. The standard InChI is InChI=1S/C22H37FN4O2S.HI/c1-6-24-21(26-16-22(27(3)4)11-7-8-17(2)13-22)25-14-19-12-20(23)10-9-18(19)15-30(5,28)29;/h9-10,12,17H,6-8,11,13-16H2,1-5H3,(H2,24,25,26);1H. The van der Waals surface area contributed by atoms with Gasteiger partial charge in [-0.15, -0.1) is 24.0 Å². The van der Waals surface area contributed by atoms with Gasteiger partial charge < -0.3 is 15.5 Å². The van der Waals surface area contributed by atoms with Crippen molar-refractivity contribution in [3.63, 3.8) is 0 Å². The maximum Gasteiger partial charge on any atom is 0.191 e. The van der Waals surface area contributed by atoms with Crippen LogP contribution in [0, 0.1) is 11.7 Å². The Hall–Kier alpha value is -0.940. The van der Waals surface area contributed by atoms with Gasteiger partial charge in [0.15, 0.2) is 15.8 Å². The van der Waals surface area contributed by atoms with Gasteiger partial charge in [-0.05, 0) is 63.0 Å². The van der Waals surface area contributed by atoms with E-state index in [1.165, 1.54) is 37.3 Å². The molecule has 2 unspecified atom stereocenters. The Morgan fingerprint density at radius 1 is 1.29 bits per heavy atom. The molecule has 0 heterocycles. The zero-order chi connectivity index (χ0) is 22.4. The van der Waals surface area contributed by atoms with Crippen molar-refractivity contribution in [2.45, 2.75) is 57.4 Å². The zero-order valence-electron chi connectivity index (χ0n) is 19.4. The van der Waals surface area contributed by atoms with Gasteiger partial charge in [0, 0.05) is 24.9 Å². The minimum absolute atomic E-state index is 0. The highest BCUT2D eigenvalue weighted by Crippen LogP contribution is 2.35. The minimum Gasteiger partial charge on any atom is -0.357 e. The molecule has 2 N–H and O–H groups in total. The number of guanidine groups is 1. The largest absolute Gasteiger partial charge is 0.357 e. The first-order valence-electron chi connectivity index (χ1n) is 10.7. The Kier molecular flexibility index (Phi) is 11.2. The van der Waals surface area contributed by atoms with E-state index in [2.05, 4.69) is 41.5 Å². The van der Waals surface area contributed by atoms with Crippen molar-refractivity contribution in [2.75, 3.05) is 33.4 Å². The SMILES string of the molecule is CCNC(=NCc1cc(F)ccc1CS(C)(=O)=O)NCC1(N(C)C)CCCC(C)C1.I. The maximum atomic E-state index is 13.8. The summed E-state index contributed by atoms with van der Waals surface area (Å²) in [5.41, 5.74) is 1.25. The fraction of sp³-hybridized carbons (Fsp3) is 0.682. The molecule has 1 saturated carbocycles. The van der Waals surface area contributed by atoms with Crippen LogP contribution < -0.4 is 10.6 Å². The van der Waals surface area contributed by atoms with Crippen molar-refractivity contribution >= 4 is 39.8 Å². The molecule has 0 bridgehead atoms. The molecule has 2 atom stereocenters. The highest BCUT2D eigenvalue weighted by molar-refractivity contribution is 14.0. The molecule has 0 aromatic heterocycles. The molecule has 9 heteroatoms. The monoisotopic (exact) mass is 568 g/mol. The molecular weight excluding hydrogens is 530 g/mol. The third kappa shape index (κ3) is 8.84. The number of halogens is 2. The number of nitrogens with zero attached hydrogens (tertiary/aromatic N) is 2. The lowest BCUT2D eigenvalue weighted by Gasteiger charge is -2.45. The molecule has 1 aliphatic rings. The van der Waals surface area contributed by atoms with Gasteiger partial charge in [0.05, 0.1) is 12.3 Å². The summed E-state index contributed by atoms with van der Waals surface area (Å²) in [4.78, 5) is 6.94. The molecule has 1 aromatic rings. The van der Waals surface area contributed by atoms with Crippen molar-refractivity contribution < 1.29 is 12.8 Å². The predicted molar refractivity (Wildman–Crippen MR) is 137 cm³/mol. The molecular formula is C22H38FIN4O2S. The van der Waals surface area contributed by atoms with Crippen molar-refractivity contribution in [2.24, 2.45) is 10.9 Å². The van der Waals surface area contributed by atoms with Gasteiger partial charge in [0.1, 0.15) is 5.82 Å². The van der Waals surface area contributed by atoms with Crippen LogP contribution in [-0.2, 0) is 22.1 Å². The van der Waals surface area contributed by atoms with Crippen molar-refractivity contribution in [3.8, 4) is 0 Å². The molecule has 1 fully saturated rings. The summed E-state index contributed by atoms with van der Waals surface area (Å²) in [6.45, 7) is 6.00. The predicted octanol–water partition coefficient (Wildman–Crippen LogP) is 3.55. The number of rotatable bonds is 8. The van der Waals surface area contributed by atoms with Crippen molar-refractivity contribution in [1.29, 1.82) is 0 Å². The second kappa shape index (κ2) is 12.3. The quantitative estimate of drug-likeness (QED) is 0.285. The van der Waals surface area contributed by atoms with E-state index >= 15 is 0 Å².